The first-order valence-electron chi connectivity index (χ1n) is 6.26. The van der Waals surface area contributed by atoms with Gasteiger partial charge >= 0.3 is 7.12 Å². The Morgan fingerprint density at radius 3 is 2.81 bits per heavy atom. The summed E-state index contributed by atoms with van der Waals surface area (Å²) in [5.41, 5.74) is 7.75. The molecule has 1 aliphatic heterocycles. The molecule has 8 heteroatoms. The number of nitrogens with two attached hydrogens (primary N) is 1. The van der Waals surface area contributed by atoms with Crippen LogP contribution in [-0.2, 0) is 21.3 Å². The Hall–Kier alpha value is -2.03. The van der Waals surface area contributed by atoms with Gasteiger partial charge in [-0.2, -0.15) is 0 Å². The summed E-state index contributed by atoms with van der Waals surface area (Å²) in [6, 6.07) is 11.0. The second-order valence-electron chi connectivity index (χ2n) is 4.75. The normalized spacial score (nSPS) is 14.0. The first-order chi connectivity index (χ1) is 9.95. The molecule has 2 aromatic rings. The molecule has 0 aromatic heterocycles. The molecule has 0 radical (unpaired) electrons. The molecule has 108 valence electrons. The molecule has 21 heavy (non-hydrogen) atoms. The Balaban J connectivity index is 1.91. The van der Waals surface area contributed by atoms with Crippen LogP contribution in [0.5, 0.6) is 0 Å². The number of hydrogen-bond donors (Lipinski definition) is 3. The van der Waals surface area contributed by atoms with E-state index >= 15 is 0 Å². The van der Waals surface area contributed by atoms with Gasteiger partial charge in [0, 0.05) is 11.4 Å². The molecular weight excluding hydrogens is 291 g/mol. The minimum absolute atomic E-state index is 0.0831. The zero-order chi connectivity index (χ0) is 15.0. The molecule has 2 aromatic carbocycles. The zero-order valence-electron chi connectivity index (χ0n) is 11.0. The molecule has 4 N–H and O–H groups in total. The van der Waals surface area contributed by atoms with Crippen molar-refractivity contribution < 1.29 is 18.1 Å². The average Bonchev–Trinajstić information content (AvgIpc) is 2.80. The molecule has 0 aliphatic carbocycles. The van der Waals surface area contributed by atoms with E-state index < -0.39 is 17.1 Å². The first-order valence-corrected chi connectivity index (χ1v) is 7.75. The topological polar surface area (TPSA) is 102 Å². The highest BCUT2D eigenvalue weighted by atomic mass is 32.2. The van der Waals surface area contributed by atoms with Gasteiger partial charge in [0.25, 0.3) is 10.0 Å². The van der Waals surface area contributed by atoms with Crippen molar-refractivity contribution in [3.8, 4) is 0 Å². The van der Waals surface area contributed by atoms with Gasteiger partial charge in [0.05, 0.1) is 11.5 Å². The van der Waals surface area contributed by atoms with Gasteiger partial charge in [-0.05, 0) is 41.4 Å². The number of anilines is 2. The molecule has 1 heterocycles. The van der Waals surface area contributed by atoms with Crippen LogP contribution in [0.2, 0.25) is 0 Å². The van der Waals surface area contributed by atoms with Gasteiger partial charge in [-0.1, -0.05) is 12.1 Å². The van der Waals surface area contributed by atoms with E-state index in [-0.39, 0.29) is 4.90 Å². The van der Waals surface area contributed by atoms with Gasteiger partial charge in [-0.15, -0.1) is 0 Å². The van der Waals surface area contributed by atoms with Crippen molar-refractivity contribution in [1.29, 1.82) is 0 Å². The van der Waals surface area contributed by atoms with E-state index in [0.29, 0.717) is 23.4 Å². The van der Waals surface area contributed by atoms with Crippen molar-refractivity contribution in [3.63, 3.8) is 0 Å². The monoisotopic (exact) mass is 304 g/mol. The SMILES string of the molecule is Nc1cccc(S(=O)(=O)Nc2ccc3c(c2)B(O)OC3)c1. The van der Waals surface area contributed by atoms with Crippen LogP contribution in [0.15, 0.2) is 47.4 Å². The summed E-state index contributed by atoms with van der Waals surface area (Å²) in [6.45, 7) is 0.318. The fourth-order valence-electron chi connectivity index (χ4n) is 2.17. The highest BCUT2D eigenvalue weighted by Crippen LogP contribution is 2.19. The summed E-state index contributed by atoms with van der Waals surface area (Å²) in [5, 5.41) is 9.64. The van der Waals surface area contributed by atoms with Crippen molar-refractivity contribution >= 4 is 34.0 Å². The second kappa shape index (κ2) is 5.07. The van der Waals surface area contributed by atoms with Gasteiger partial charge in [0.2, 0.25) is 0 Å². The molecule has 0 atom stereocenters. The molecule has 0 amide bonds. The molecular formula is C13H13BN2O4S. The maximum absolute atomic E-state index is 12.3. The molecule has 0 saturated heterocycles. The molecule has 0 spiro atoms. The Morgan fingerprint density at radius 1 is 1.24 bits per heavy atom. The van der Waals surface area contributed by atoms with E-state index in [9.17, 15) is 13.4 Å². The lowest BCUT2D eigenvalue weighted by molar-refractivity contribution is 0.275. The molecule has 0 bridgehead atoms. The Labute approximate surface area is 122 Å². The number of fused-ring (bicyclic) bond motifs is 1. The smallest absolute Gasteiger partial charge is 0.423 e. The van der Waals surface area contributed by atoms with Crippen LogP contribution in [0.3, 0.4) is 0 Å². The fourth-order valence-corrected chi connectivity index (χ4v) is 3.28. The Bertz CT molecular complexity index is 795. The van der Waals surface area contributed by atoms with Gasteiger partial charge in [0.1, 0.15) is 0 Å². The van der Waals surface area contributed by atoms with Crippen LogP contribution < -0.4 is 15.9 Å². The lowest BCUT2D eigenvalue weighted by atomic mass is 9.79. The van der Waals surface area contributed by atoms with Crippen LogP contribution in [0.1, 0.15) is 5.56 Å². The van der Waals surface area contributed by atoms with Crippen molar-refractivity contribution in [3.05, 3.63) is 48.0 Å². The largest absolute Gasteiger partial charge is 0.491 e. The number of nitrogen functional groups attached to an aromatic ring is 1. The summed E-state index contributed by atoms with van der Waals surface area (Å²) in [4.78, 5) is 0.0831. The van der Waals surface area contributed by atoms with Crippen LogP contribution >= 0.6 is 0 Å². The molecule has 3 rings (SSSR count). The maximum Gasteiger partial charge on any atom is 0.491 e. The minimum Gasteiger partial charge on any atom is -0.423 e. The van der Waals surface area contributed by atoms with Crippen molar-refractivity contribution in [2.45, 2.75) is 11.5 Å². The van der Waals surface area contributed by atoms with Gasteiger partial charge in [0.15, 0.2) is 0 Å². The molecule has 0 saturated carbocycles. The number of sulfonamides is 1. The quantitative estimate of drug-likeness (QED) is 0.559. The van der Waals surface area contributed by atoms with E-state index in [1.807, 2.05) is 0 Å². The highest BCUT2D eigenvalue weighted by Gasteiger charge is 2.27. The third-order valence-electron chi connectivity index (χ3n) is 3.23. The Morgan fingerprint density at radius 2 is 2.05 bits per heavy atom. The number of rotatable bonds is 3. The predicted octanol–water partition coefficient (Wildman–Crippen LogP) is 0.287. The second-order valence-corrected chi connectivity index (χ2v) is 6.44. The Kier molecular flexibility index (Phi) is 3.36. The van der Waals surface area contributed by atoms with Crippen molar-refractivity contribution in [2.75, 3.05) is 10.5 Å². The van der Waals surface area contributed by atoms with E-state index in [0.717, 1.165) is 5.56 Å². The van der Waals surface area contributed by atoms with Crippen molar-refractivity contribution in [1.82, 2.24) is 0 Å². The third kappa shape index (κ3) is 2.73. The summed E-state index contributed by atoms with van der Waals surface area (Å²) in [5.74, 6) is 0. The number of benzene rings is 2. The van der Waals surface area contributed by atoms with Crippen LogP contribution in [0.25, 0.3) is 0 Å². The fraction of sp³-hybridized carbons (Fsp3) is 0.0769. The lowest BCUT2D eigenvalue weighted by Gasteiger charge is -2.10. The van der Waals surface area contributed by atoms with Gasteiger partial charge in [-0.25, -0.2) is 8.42 Å². The summed E-state index contributed by atoms with van der Waals surface area (Å²) < 4.78 is 32.1. The van der Waals surface area contributed by atoms with Gasteiger partial charge in [-0.3, -0.25) is 4.72 Å². The number of nitrogens with one attached hydrogen (secondary N) is 1. The summed E-state index contributed by atoms with van der Waals surface area (Å²) in [6.07, 6.45) is 0. The molecule has 0 fully saturated rings. The zero-order valence-corrected chi connectivity index (χ0v) is 11.8. The minimum atomic E-state index is -3.72. The summed E-state index contributed by atoms with van der Waals surface area (Å²) >= 11 is 0. The van der Waals surface area contributed by atoms with Crippen LogP contribution in [0, 0.1) is 0 Å². The summed E-state index contributed by atoms with van der Waals surface area (Å²) in [7, 11) is -4.74. The third-order valence-corrected chi connectivity index (χ3v) is 4.61. The highest BCUT2D eigenvalue weighted by molar-refractivity contribution is 7.92. The predicted molar refractivity (Wildman–Crippen MR) is 80.5 cm³/mol. The van der Waals surface area contributed by atoms with E-state index in [2.05, 4.69) is 4.72 Å². The lowest BCUT2D eigenvalue weighted by Crippen LogP contribution is -2.28. The van der Waals surface area contributed by atoms with E-state index in [1.54, 1.807) is 30.3 Å². The van der Waals surface area contributed by atoms with Crippen LogP contribution in [0.4, 0.5) is 11.4 Å². The van der Waals surface area contributed by atoms with E-state index in [4.69, 9.17) is 10.4 Å². The molecule has 0 unspecified atom stereocenters. The molecule has 6 nitrogen and oxygen atoms in total. The first kappa shape index (κ1) is 13.9. The van der Waals surface area contributed by atoms with Crippen molar-refractivity contribution in [2.24, 2.45) is 0 Å². The number of hydrogen-bond acceptors (Lipinski definition) is 5. The molecule has 1 aliphatic rings. The maximum atomic E-state index is 12.3. The standard InChI is InChI=1S/C13H13BN2O4S/c15-10-2-1-3-12(6-10)21(18,19)16-11-5-4-9-8-20-14(17)13(9)7-11/h1-7,16-17H,8,15H2. The van der Waals surface area contributed by atoms with Crippen LogP contribution in [-0.4, -0.2) is 20.6 Å². The average molecular weight is 304 g/mol. The van der Waals surface area contributed by atoms with Gasteiger partial charge < -0.3 is 15.4 Å². The van der Waals surface area contributed by atoms with E-state index in [1.165, 1.54) is 12.1 Å².